The molecule has 0 amide bonds. The molecule has 0 saturated carbocycles. The molecule has 1 saturated heterocycles. The predicted molar refractivity (Wildman–Crippen MR) is 81.2 cm³/mol. The molecule has 0 aliphatic carbocycles. The lowest BCUT2D eigenvalue weighted by molar-refractivity contribution is -0.151. The average molecular weight is 296 g/mol. The van der Waals surface area contributed by atoms with Crippen LogP contribution in [-0.4, -0.2) is 35.1 Å². The van der Waals surface area contributed by atoms with Gasteiger partial charge in [0.1, 0.15) is 0 Å². The molecule has 2 rings (SSSR count). The van der Waals surface area contributed by atoms with Gasteiger partial charge in [0, 0.05) is 11.1 Å². The zero-order valence-corrected chi connectivity index (χ0v) is 12.9. The maximum absolute atomic E-state index is 11.2. The van der Waals surface area contributed by atoms with Crippen molar-refractivity contribution in [3.05, 3.63) is 34.9 Å². The second-order valence-corrected chi connectivity index (χ2v) is 6.52. The van der Waals surface area contributed by atoms with E-state index in [1.165, 1.54) is 5.56 Å². The molecule has 1 atom stereocenters. The van der Waals surface area contributed by atoms with Gasteiger partial charge in [-0.3, -0.25) is 4.79 Å². The van der Waals surface area contributed by atoms with Gasteiger partial charge in [-0.2, -0.15) is 0 Å². The number of likely N-dealkylation sites (tertiary alicyclic amines) is 1. The van der Waals surface area contributed by atoms with Crippen LogP contribution in [0.25, 0.3) is 0 Å². The number of benzene rings is 1. The van der Waals surface area contributed by atoms with Gasteiger partial charge in [0.15, 0.2) is 0 Å². The van der Waals surface area contributed by atoms with Crippen LogP contribution in [0.4, 0.5) is 0 Å². The number of hydrogen-bond donors (Lipinski definition) is 1. The summed E-state index contributed by atoms with van der Waals surface area (Å²) in [6.07, 6.45) is 2.43. The minimum absolute atomic E-state index is 0.425. The van der Waals surface area contributed by atoms with Crippen molar-refractivity contribution in [1.29, 1.82) is 0 Å². The monoisotopic (exact) mass is 295 g/mol. The highest BCUT2D eigenvalue weighted by molar-refractivity contribution is 6.30. The quantitative estimate of drug-likeness (QED) is 0.925. The smallest absolute Gasteiger partial charge is 0.309 e. The first-order valence-corrected chi connectivity index (χ1v) is 7.50. The summed E-state index contributed by atoms with van der Waals surface area (Å²) in [7, 11) is 0. The van der Waals surface area contributed by atoms with Gasteiger partial charge in [0.2, 0.25) is 0 Å². The summed E-state index contributed by atoms with van der Waals surface area (Å²) >= 11 is 5.89. The maximum Gasteiger partial charge on any atom is 0.309 e. The molecule has 0 spiro atoms. The summed E-state index contributed by atoms with van der Waals surface area (Å²) in [5.41, 5.74) is 0.727. The third-order valence-corrected chi connectivity index (χ3v) is 4.74. The second-order valence-electron chi connectivity index (χ2n) is 6.08. The first-order valence-electron chi connectivity index (χ1n) is 7.12. The number of carboxylic acid groups (broad SMARTS) is 1. The molecule has 3 nitrogen and oxygen atoms in total. The first-order chi connectivity index (χ1) is 9.40. The van der Waals surface area contributed by atoms with E-state index in [0.29, 0.717) is 6.04 Å². The van der Waals surface area contributed by atoms with Crippen molar-refractivity contribution in [1.82, 2.24) is 4.90 Å². The Morgan fingerprint density at radius 2 is 1.90 bits per heavy atom. The van der Waals surface area contributed by atoms with Crippen molar-refractivity contribution in [2.75, 3.05) is 13.1 Å². The maximum atomic E-state index is 11.2. The molecule has 0 radical (unpaired) electrons. The van der Waals surface area contributed by atoms with Gasteiger partial charge in [0.05, 0.1) is 5.41 Å². The fraction of sp³-hybridized carbons (Fsp3) is 0.562. The number of rotatable bonds is 4. The highest BCUT2D eigenvalue weighted by atomic mass is 35.5. The minimum Gasteiger partial charge on any atom is -0.481 e. The second kappa shape index (κ2) is 6.15. The summed E-state index contributed by atoms with van der Waals surface area (Å²) in [6.45, 7) is 5.78. The molecule has 1 unspecified atom stereocenters. The van der Waals surface area contributed by atoms with Gasteiger partial charge in [-0.15, -0.1) is 0 Å². The fourth-order valence-electron chi connectivity index (χ4n) is 2.76. The summed E-state index contributed by atoms with van der Waals surface area (Å²) in [5.74, 6) is -0.664. The zero-order valence-electron chi connectivity index (χ0n) is 12.1. The van der Waals surface area contributed by atoms with Gasteiger partial charge in [0.25, 0.3) is 0 Å². The molecule has 1 aromatic rings. The minimum atomic E-state index is -0.664. The molecule has 0 bridgehead atoms. The summed E-state index contributed by atoms with van der Waals surface area (Å²) in [4.78, 5) is 13.6. The Balaban J connectivity index is 1.90. The molecule has 1 aromatic carbocycles. The Kier molecular flexibility index (Phi) is 4.71. The van der Waals surface area contributed by atoms with E-state index in [4.69, 9.17) is 11.6 Å². The van der Waals surface area contributed by atoms with Crippen molar-refractivity contribution < 1.29 is 9.90 Å². The van der Waals surface area contributed by atoms with E-state index < -0.39 is 11.4 Å². The number of hydrogen-bond acceptors (Lipinski definition) is 2. The van der Waals surface area contributed by atoms with E-state index >= 15 is 0 Å². The van der Waals surface area contributed by atoms with Crippen molar-refractivity contribution in [3.63, 3.8) is 0 Å². The van der Waals surface area contributed by atoms with Crippen LogP contribution in [0, 0.1) is 5.41 Å². The molecule has 1 fully saturated rings. The Hall–Kier alpha value is -1.06. The Morgan fingerprint density at radius 3 is 2.40 bits per heavy atom. The molecule has 1 heterocycles. The van der Waals surface area contributed by atoms with Gasteiger partial charge < -0.3 is 10.0 Å². The Morgan fingerprint density at radius 1 is 1.35 bits per heavy atom. The summed E-state index contributed by atoms with van der Waals surface area (Å²) < 4.78 is 0. The summed E-state index contributed by atoms with van der Waals surface area (Å²) in [6, 6.07) is 8.38. The van der Waals surface area contributed by atoms with Gasteiger partial charge in [-0.05, 0) is 63.9 Å². The lowest BCUT2D eigenvalue weighted by Gasteiger charge is -2.39. The first kappa shape index (κ1) is 15.3. The third-order valence-electron chi connectivity index (χ3n) is 4.49. The SMILES string of the molecule is CC(Cc1ccc(Cl)cc1)N1CCC(C)(C(=O)O)CC1. The number of carbonyl (C=O) groups is 1. The summed E-state index contributed by atoms with van der Waals surface area (Å²) in [5, 5.41) is 10.0. The van der Waals surface area contributed by atoms with Crippen LogP contribution in [0.3, 0.4) is 0 Å². The van der Waals surface area contributed by atoms with Crippen LogP contribution in [0.1, 0.15) is 32.3 Å². The Labute approximate surface area is 125 Å². The lowest BCUT2D eigenvalue weighted by Crippen LogP contribution is -2.46. The largest absolute Gasteiger partial charge is 0.481 e. The number of halogens is 1. The van der Waals surface area contributed by atoms with Crippen LogP contribution < -0.4 is 0 Å². The average Bonchev–Trinajstić information content (AvgIpc) is 2.42. The zero-order chi connectivity index (χ0) is 14.8. The highest BCUT2D eigenvalue weighted by Gasteiger charge is 2.37. The molecular weight excluding hydrogens is 274 g/mol. The van der Waals surface area contributed by atoms with Gasteiger partial charge >= 0.3 is 5.97 Å². The third kappa shape index (κ3) is 3.53. The van der Waals surface area contributed by atoms with Crippen LogP contribution in [0.2, 0.25) is 5.02 Å². The van der Waals surface area contributed by atoms with E-state index in [1.54, 1.807) is 0 Å². The number of carboxylic acids is 1. The Bertz CT molecular complexity index is 464. The van der Waals surface area contributed by atoms with E-state index in [-0.39, 0.29) is 0 Å². The van der Waals surface area contributed by atoms with Crippen molar-refractivity contribution >= 4 is 17.6 Å². The molecule has 1 aliphatic heterocycles. The van der Waals surface area contributed by atoms with Crippen molar-refractivity contribution in [3.8, 4) is 0 Å². The fourth-order valence-corrected chi connectivity index (χ4v) is 2.89. The van der Waals surface area contributed by atoms with Crippen molar-refractivity contribution in [2.45, 2.75) is 39.2 Å². The predicted octanol–water partition coefficient (Wildman–Crippen LogP) is 3.46. The van der Waals surface area contributed by atoms with Gasteiger partial charge in [-0.1, -0.05) is 23.7 Å². The van der Waals surface area contributed by atoms with E-state index in [2.05, 4.69) is 24.0 Å². The molecular formula is C16H22ClNO2. The van der Waals surface area contributed by atoms with E-state index in [9.17, 15) is 9.90 Å². The molecule has 4 heteroatoms. The molecule has 20 heavy (non-hydrogen) atoms. The van der Waals surface area contributed by atoms with Crippen LogP contribution >= 0.6 is 11.6 Å². The molecule has 110 valence electrons. The lowest BCUT2D eigenvalue weighted by atomic mass is 9.80. The number of piperidine rings is 1. The van der Waals surface area contributed by atoms with Crippen LogP contribution in [0.5, 0.6) is 0 Å². The van der Waals surface area contributed by atoms with Crippen LogP contribution in [-0.2, 0) is 11.2 Å². The standard InChI is InChI=1S/C16H22ClNO2/c1-12(11-13-3-5-14(17)6-4-13)18-9-7-16(2,8-10-18)15(19)20/h3-6,12H,7-11H2,1-2H3,(H,19,20). The van der Waals surface area contributed by atoms with Gasteiger partial charge in [-0.25, -0.2) is 0 Å². The molecule has 0 aromatic heterocycles. The molecule has 1 aliphatic rings. The highest BCUT2D eigenvalue weighted by Crippen LogP contribution is 2.32. The molecule has 1 N–H and O–H groups in total. The normalized spacial score (nSPS) is 20.6. The topological polar surface area (TPSA) is 40.5 Å². The van der Waals surface area contributed by atoms with Crippen LogP contribution in [0.15, 0.2) is 24.3 Å². The number of nitrogens with zero attached hydrogens (tertiary/aromatic N) is 1. The number of aliphatic carboxylic acids is 1. The van der Waals surface area contributed by atoms with Crippen molar-refractivity contribution in [2.24, 2.45) is 5.41 Å². The van der Waals surface area contributed by atoms with E-state index in [1.807, 2.05) is 19.1 Å². The van der Waals surface area contributed by atoms with E-state index in [0.717, 1.165) is 37.4 Å².